The van der Waals surface area contributed by atoms with Crippen molar-refractivity contribution in [2.24, 2.45) is 0 Å². The highest BCUT2D eigenvalue weighted by Gasteiger charge is 2.25. The molecule has 0 aliphatic heterocycles. The van der Waals surface area contributed by atoms with Crippen LogP contribution in [0.15, 0.2) is 30.3 Å². The van der Waals surface area contributed by atoms with E-state index >= 15 is 0 Å². The number of hydrogen-bond donors (Lipinski definition) is 0. The number of rotatable bonds is 9. The monoisotopic (exact) mass is 306 g/mol. The molecule has 0 fully saturated rings. The maximum absolute atomic E-state index is 12.1. The fraction of sp³-hybridized carbons (Fsp3) is 0.471. The molecular formula is C17H22O5. The van der Waals surface area contributed by atoms with Crippen molar-refractivity contribution in [3.8, 4) is 0 Å². The first-order valence-corrected chi connectivity index (χ1v) is 7.47. The number of benzene rings is 1. The van der Waals surface area contributed by atoms with Crippen LogP contribution in [0.3, 0.4) is 0 Å². The number of esters is 2. The molecule has 1 aromatic rings. The second-order valence-corrected chi connectivity index (χ2v) is 4.76. The van der Waals surface area contributed by atoms with Crippen molar-refractivity contribution < 1.29 is 23.9 Å². The highest BCUT2D eigenvalue weighted by molar-refractivity contribution is 5.89. The topological polar surface area (TPSA) is 69.7 Å². The summed E-state index contributed by atoms with van der Waals surface area (Å²) in [6, 6.07) is 9.05. The molecule has 0 heterocycles. The molecular weight excluding hydrogens is 284 g/mol. The maximum Gasteiger partial charge on any atom is 0.313 e. The largest absolute Gasteiger partial charge is 0.466 e. The van der Waals surface area contributed by atoms with Crippen LogP contribution in [0.4, 0.5) is 0 Å². The Labute approximate surface area is 130 Å². The van der Waals surface area contributed by atoms with Crippen LogP contribution in [0.5, 0.6) is 0 Å². The van der Waals surface area contributed by atoms with E-state index in [0.29, 0.717) is 6.61 Å². The third-order valence-electron chi connectivity index (χ3n) is 3.12. The summed E-state index contributed by atoms with van der Waals surface area (Å²) in [5, 5.41) is 0. The summed E-state index contributed by atoms with van der Waals surface area (Å²) in [7, 11) is 0. The van der Waals surface area contributed by atoms with Crippen LogP contribution in [0.2, 0.25) is 0 Å². The van der Waals surface area contributed by atoms with Crippen LogP contribution in [0.1, 0.15) is 44.6 Å². The molecule has 5 heteroatoms. The highest BCUT2D eigenvalue weighted by Crippen LogP contribution is 2.22. The van der Waals surface area contributed by atoms with Gasteiger partial charge in [-0.25, -0.2) is 0 Å². The number of carbonyl (C=O) groups excluding carboxylic acids is 3. The van der Waals surface area contributed by atoms with Gasteiger partial charge in [-0.3, -0.25) is 14.4 Å². The minimum absolute atomic E-state index is 0.0300. The Balaban J connectivity index is 2.67. The number of carbonyl (C=O) groups is 3. The third kappa shape index (κ3) is 6.08. The van der Waals surface area contributed by atoms with E-state index < -0.39 is 17.9 Å². The molecule has 120 valence electrons. The summed E-state index contributed by atoms with van der Waals surface area (Å²) in [5.41, 5.74) is 0.741. The molecule has 0 amide bonds. The van der Waals surface area contributed by atoms with Gasteiger partial charge in [0.1, 0.15) is 5.78 Å². The molecule has 0 radical (unpaired) electrons. The molecule has 5 nitrogen and oxygen atoms in total. The van der Waals surface area contributed by atoms with Crippen molar-refractivity contribution in [1.29, 1.82) is 0 Å². The quantitative estimate of drug-likeness (QED) is 0.656. The fourth-order valence-corrected chi connectivity index (χ4v) is 2.07. The van der Waals surface area contributed by atoms with E-state index in [1.165, 1.54) is 0 Å². The van der Waals surface area contributed by atoms with Crippen LogP contribution in [-0.2, 0) is 23.9 Å². The lowest BCUT2D eigenvalue weighted by Gasteiger charge is -2.15. The number of ether oxygens (including phenoxy) is 2. The van der Waals surface area contributed by atoms with E-state index in [9.17, 15) is 14.4 Å². The van der Waals surface area contributed by atoms with Gasteiger partial charge < -0.3 is 9.47 Å². The summed E-state index contributed by atoms with van der Waals surface area (Å²) >= 11 is 0. The van der Waals surface area contributed by atoms with Crippen LogP contribution >= 0.6 is 0 Å². The number of hydrogen-bond acceptors (Lipinski definition) is 5. The number of ketones is 1. The maximum atomic E-state index is 12.1. The zero-order valence-corrected chi connectivity index (χ0v) is 13.0. The van der Waals surface area contributed by atoms with Crippen molar-refractivity contribution in [3.63, 3.8) is 0 Å². The average Bonchev–Trinajstić information content (AvgIpc) is 2.52. The zero-order chi connectivity index (χ0) is 16.4. The molecule has 1 rings (SSSR count). The molecule has 22 heavy (non-hydrogen) atoms. The van der Waals surface area contributed by atoms with Crippen LogP contribution in [0.25, 0.3) is 0 Å². The van der Waals surface area contributed by atoms with Gasteiger partial charge in [0, 0.05) is 12.8 Å². The van der Waals surface area contributed by atoms with Gasteiger partial charge >= 0.3 is 11.9 Å². The minimum atomic E-state index is -0.629. The Kier molecular flexibility index (Phi) is 7.89. The van der Waals surface area contributed by atoms with Crippen LogP contribution in [0, 0.1) is 0 Å². The van der Waals surface area contributed by atoms with Crippen LogP contribution in [-0.4, -0.2) is 30.9 Å². The number of Topliss-reactive ketones (excluding diaryl/α,β-unsaturated/α-hetero) is 1. The van der Waals surface area contributed by atoms with Crippen molar-refractivity contribution in [2.75, 3.05) is 13.2 Å². The zero-order valence-electron chi connectivity index (χ0n) is 13.0. The Morgan fingerprint density at radius 2 is 1.59 bits per heavy atom. The van der Waals surface area contributed by atoms with E-state index in [1.54, 1.807) is 26.0 Å². The first-order chi connectivity index (χ1) is 10.6. The average molecular weight is 306 g/mol. The summed E-state index contributed by atoms with van der Waals surface area (Å²) < 4.78 is 9.83. The molecule has 0 spiro atoms. The van der Waals surface area contributed by atoms with E-state index in [0.717, 1.165) is 5.56 Å². The molecule has 0 aromatic heterocycles. The predicted molar refractivity (Wildman–Crippen MR) is 81.3 cm³/mol. The van der Waals surface area contributed by atoms with Crippen LogP contribution < -0.4 is 0 Å². The summed E-state index contributed by atoms with van der Waals surface area (Å²) in [4.78, 5) is 35.4. The molecule has 0 saturated carbocycles. The van der Waals surface area contributed by atoms with Crippen molar-refractivity contribution in [1.82, 2.24) is 0 Å². The highest BCUT2D eigenvalue weighted by atomic mass is 16.5. The van der Waals surface area contributed by atoms with Gasteiger partial charge in [0.25, 0.3) is 0 Å². The first kappa shape index (κ1) is 17.9. The standard InChI is InChI=1S/C17H22O5/c1-3-21-16(19)11-10-14(18)12-15(17(20)22-4-2)13-8-6-5-7-9-13/h5-9,15H,3-4,10-12H2,1-2H3. The second kappa shape index (κ2) is 9.71. The predicted octanol–water partition coefficient (Wildman–Crippen LogP) is 2.64. The molecule has 0 N–H and O–H groups in total. The van der Waals surface area contributed by atoms with Crippen molar-refractivity contribution in [2.45, 2.75) is 39.0 Å². The lowest BCUT2D eigenvalue weighted by molar-refractivity contribution is -0.146. The molecule has 0 aliphatic carbocycles. The molecule has 0 bridgehead atoms. The molecule has 1 unspecified atom stereocenters. The summed E-state index contributed by atoms with van der Waals surface area (Å²) in [5.74, 6) is -1.60. The van der Waals surface area contributed by atoms with E-state index in [-0.39, 0.29) is 31.7 Å². The Bertz CT molecular complexity index is 495. The van der Waals surface area contributed by atoms with Crippen molar-refractivity contribution in [3.05, 3.63) is 35.9 Å². The molecule has 1 atom stereocenters. The van der Waals surface area contributed by atoms with Gasteiger partial charge in [-0.05, 0) is 19.4 Å². The van der Waals surface area contributed by atoms with Gasteiger partial charge in [-0.2, -0.15) is 0 Å². The second-order valence-electron chi connectivity index (χ2n) is 4.76. The minimum Gasteiger partial charge on any atom is -0.466 e. The fourth-order valence-electron chi connectivity index (χ4n) is 2.07. The van der Waals surface area contributed by atoms with Gasteiger partial charge in [0.05, 0.1) is 25.6 Å². The smallest absolute Gasteiger partial charge is 0.313 e. The normalized spacial score (nSPS) is 11.5. The van der Waals surface area contributed by atoms with Gasteiger partial charge in [0.15, 0.2) is 0 Å². The molecule has 0 aliphatic rings. The van der Waals surface area contributed by atoms with E-state index in [4.69, 9.17) is 9.47 Å². The van der Waals surface area contributed by atoms with Gasteiger partial charge in [0.2, 0.25) is 0 Å². The molecule has 1 aromatic carbocycles. The lowest BCUT2D eigenvalue weighted by Crippen LogP contribution is -2.20. The van der Waals surface area contributed by atoms with E-state index in [1.807, 2.05) is 18.2 Å². The SMILES string of the molecule is CCOC(=O)CCC(=O)CC(C(=O)OCC)c1ccccc1. The summed E-state index contributed by atoms with van der Waals surface area (Å²) in [6.45, 7) is 4.00. The van der Waals surface area contributed by atoms with Gasteiger partial charge in [-0.1, -0.05) is 30.3 Å². The van der Waals surface area contributed by atoms with E-state index in [2.05, 4.69) is 0 Å². The molecule has 0 saturated heterocycles. The lowest BCUT2D eigenvalue weighted by atomic mass is 9.92. The van der Waals surface area contributed by atoms with Crippen molar-refractivity contribution >= 4 is 17.7 Å². The third-order valence-corrected chi connectivity index (χ3v) is 3.12. The summed E-state index contributed by atoms with van der Waals surface area (Å²) in [6.07, 6.45) is 0.140. The Hall–Kier alpha value is -2.17. The Morgan fingerprint density at radius 3 is 2.18 bits per heavy atom. The Morgan fingerprint density at radius 1 is 0.955 bits per heavy atom. The van der Waals surface area contributed by atoms with Gasteiger partial charge in [-0.15, -0.1) is 0 Å². The first-order valence-electron chi connectivity index (χ1n) is 7.47.